The van der Waals surface area contributed by atoms with Crippen LogP contribution in [-0.4, -0.2) is 38.7 Å². The third-order valence-corrected chi connectivity index (χ3v) is 7.60. The number of fused-ring (bicyclic) bond motifs is 1. The van der Waals surface area contributed by atoms with Crippen LogP contribution in [0.5, 0.6) is 0 Å². The second kappa shape index (κ2) is 7.95. The van der Waals surface area contributed by atoms with E-state index in [9.17, 15) is 9.59 Å². The largest absolute Gasteiger partial charge is 0.342 e. The molecule has 1 amide bonds. The fourth-order valence-electron chi connectivity index (χ4n) is 3.52. The Morgan fingerprint density at radius 2 is 1.85 bits per heavy atom. The molecular formula is C20H29N3O2S2. The number of carbonyl (C=O) groups is 1. The van der Waals surface area contributed by atoms with Crippen LogP contribution < -0.4 is 5.56 Å². The molecule has 1 aliphatic heterocycles. The lowest BCUT2D eigenvalue weighted by Gasteiger charge is -2.32. The maximum atomic E-state index is 13.1. The van der Waals surface area contributed by atoms with Crippen molar-refractivity contribution in [2.45, 2.75) is 70.8 Å². The van der Waals surface area contributed by atoms with Crippen LogP contribution in [0.1, 0.15) is 57.0 Å². The van der Waals surface area contributed by atoms with Gasteiger partial charge in [-0.2, -0.15) is 0 Å². The topological polar surface area (TPSA) is 55.2 Å². The van der Waals surface area contributed by atoms with Gasteiger partial charge in [-0.1, -0.05) is 18.7 Å². The highest BCUT2D eigenvalue weighted by molar-refractivity contribution is 8.00. The Labute approximate surface area is 169 Å². The Balaban J connectivity index is 1.92. The van der Waals surface area contributed by atoms with E-state index in [1.54, 1.807) is 15.9 Å². The summed E-state index contributed by atoms with van der Waals surface area (Å²) >= 11 is 2.97. The van der Waals surface area contributed by atoms with E-state index < -0.39 is 0 Å². The Bertz CT molecular complexity index is 908. The zero-order chi connectivity index (χ0) is 19.9. The Kier molecular flexibility index (Phi) is 6.01. The van der Waals surface area contributed by atoms with Gasteiger partial charge < -0.3 is 4.90 Å². The van der Waals surface area contributed by atoms with Gasteiger partial charge in [-0.3, -0.25) is 14.2 Å². The van der Waals surface area contributed by atoms with Crippen molar-refractivity contribution >= 4 is 39.2 Å². The number of amides is 1. The van der Waals surface area contributed by atoms with E-state index >= 15 is 0 Å². The average Bonchev–Trinajstić information content (AvgIpc) is 2.89. The Morgan fingerprint density at radius 3 is 2.44 bits per heavy atom. The second-order valence-electron chi connectivity index (χ2n) is 7.89. The van der Waals surface area contributed by atoms with Crippen LogP contribution in [0, 0.1) is 19.8 Å². The predicted octanol–water partition coefficient (Wildman–Crippen LogP) is 4.39. The zero-order valence-corrected chi connectivity index (χ0v) is 18.7. The van der Waals surface area contributed by atoms with Gasteiger partial charge in [0.15, 0.2) is 5.16 Å². The number of rotatable bonds is 4. The van der Waals surface area contributed by atoms with Crippen LogP contribution in [0.3, 0.4) is 0 Å². The van der Waals surface area contributed by atoms with Gasteiger partial charge in [0, 0.05) is 24.0 Å². The first kappa shape index (κ1) is 20.4. The van der Waals surface area contributed by atoms with Gasteiger partial charge in [0.1, 0.15) is 4.83 Å². The summed E-state index contributed by atoms with van der Waals surface area (Å²) in [5.41, 5.74) is 1.02. The zero-order valence-electron chi connectivity index (χ0n) is 17.0. The van der Waals surface area contributed by atoms with Crippen molar-refractivity contribution in [3.8, 4) is 0 Å². The third kappa shape index (κ3) is 3.94. The maximum Gasteiger partial charge on any atom is 0.263 e. The van der Waals surface area contributed by atoms with Gasteiger partial charge in [-0.25, -0.2) is 4.98 Å². The van der Waals surface area contributed by atoms with Gasteiger partial charge in [0.05, 0.1) is 10.6 Å². The predicted molar refractivity (Wildman–Crippen MR) is 114 cm³/mol. The van der Waals surface area contributed by atoms with Gasteiger partial charge in [0.25, 0.3) is 5.56 Å². The molecule has 0 unspecified atom stereocenters. The molecule has 2 aromatic rings. The number of thioether (sulfide) groups is 1. The normalized spacial score (nSPS) is 17.1. The van der Waals surface area contributed by atoms with Crippen molar-refractivity contribution in [3.05, 3.63) is 20.8 Å². The van der Waals surface area contributed by atoms with Gasteiger partial charge >= 0.3 is 0 Å². The van der Waals surface area contributed by atoms with Gasteiger partial charge in [0.2, 0.25) is 5.91 Å². The molecule has 3 heterocycles. The summed E-state index contributed by atoms with van der Waals surface area (Å²) in [5, 5.41) is 1.12. The van der Waals surface area contributed by atoms with Crippen LogP contribution in [-0.2, 0) is 4.79 Å². The first-order valence-corrected chi connectivity index (χ1v) is 11.4. The van der Waals surface area contributed by atoms with E-state index in [1.807, 2.05) is 39.5 Å². The molecule has 0 spiro atoms. The summed E-state index contributed by atoms with van der Waals surface area (Å²) in [7, 11) is 0. The number of piperidine rings is 1. The molecule has 1 fully saturated rings. The molecule has 0 saturated carbocycles. The van der Waals surface area contributed by atoms with Crippen LogP contribution in [0.15, 0.2) is 9.95 Å². The highest BCUT2D eigenvalue weighted by atomic mass is 32.2. The minimum absolute atomic E-state index is 0.00496. The molecular weight excluding hydrogens is 378 g/mol. The van der Waals surface area contributed by atoms with Gasteiger partial charge in [-0.15, -0.1) is 11.3 Å². The molecule has 2 aromatic heterocycles. The van der Waals surface area contributed by atoms with Crippen LogP contribution in [0.25, 0.3) is 10.2 Å². The number of thiophene rings is 1. The monoisotopic (exact) mass is 407 g/mol. The van der Waals surface area contributed by atoms with Crippen molar-refractivity contribution in [1.82, 2.24) is 14.5 Å². The van der Waals surface area contributed by atoms with Crippen LogP contribution in [0.2, 0.25) is 0 Å². The maximum absolute atomic E-state index is 13.1. The fourth-order valence-corrected chi connectivity index (χ4v) is 5.72. The molecule has 0 bridgehead atoms. The summed E-state index contributed by atoms with van der Waals surface area (Å²) in [6, 6.07) is -0.00496. The molecule has 0 aromatic carbocycles. The van der Waals surface area contributed by atoms with E-state index in [-0.39, 0.29) is 22.8 Å². The summed E-state index contributed by atoms with van der Waals surface area (Å²) < 4.78 is 1.74. The number of hydrogen-bond donors (Lipinski definition) is 0. The van der Waals surface area contributed by atoms with Crippen molar-refractivity contribution in [2.75, 3.05) is 13.1 Å². The molecule has 0 aliphatic carbocycles. The number of aryl methyl sites for hydroxylation is 2. The van der Waals surface area contributed by atoms with E-state index in [4.69, 9.17) is 4.98 Å². The Hall–Kier alpha value is -1.34. The SMILES string of the molecule is Cc1sc2nc(S[C@@H](C)C(=O)N3CCC(C)CC3)n(C(C)C)c(=O)c2c1C. The molecule has 148 valence electrons. The highest BCUT2D eigenvalue weighted by Gasteiger charge is 2.27. The quantitative estimate of drug-likeness (QED) is 0.557. The van der Waals surface area contributed by atoms with E-state index in [0.717, 1.165) is 46.6 Å². The molecule has 0 radical (unpaired) electrons. The minimum Gasteiger partial charge on any atom is -0.342 e. The standard InChI is InChI=1S/C20H29N3O2S2/c1-11(2)23-19(25)16-13(4)14(5)26-17(16)21-20(23)27-15(6)18(24)22-9-7-12(3)8-10-22/h11-12,15H,7-10H2,1-6H3/t15-/m0/s1. The van der Waals surface area contributed by atoms with Crippen LogP contribution in [0.4, 0.5) is 0 Å². The van der Waals surface area contributed by atoms with Crippen molar-refractivity contribution in [2.24, 2.45) is 5.92 Å². The number of aromatic nitrogens is 2. The molecule has 7 heteroatoms. The minimum atomic E-state index is -0.255. The smallest absolute Gasteiger partial charge is 0.263 e. The van der Waals surface area contributed by atoms with Crippen molar-refractivity contribution in [3.63, 3.8) is 0 Å². The van der Waals surface area contributed by atoms with Crippen molar-refractivity contribution in [1.29, 1.82) is 0 Å². The molecule has 5 nitrogen and oxygen atoms in total. The van der Waals surface area contributed by atoms with E-state index in [1.165, 1.54) is 11.8 Å². The summed E-state index contributed by atoms with van der Waals surface area (Å²) in [6.45, 7) is 13.8. The molecule has 1 atom stereocenters. The summed E-state index contributed by atoms with van der Waals surface area (Å²) in [6.07, 6.45) is 2.13. The molecule has 1 aliphatic rings. The lowest BCUT2D eigenvalue weighted by Crippen LogP contribution is -2.42. The number of carbonyl (C=O) groups excluding carboxylic acids is 1. The fraction of sp³-hybridized carbons (Fsp3) is 0.650. The Morgan fingerprint density at radius 1 is 1.22 bits per heavy atom. The summed E-state index contributed by atoms with van der Waals surface area (Å²) in [5.74, 6) is 0.840. The molecule has 27 heavy (non-hydrogen) atoms. The van der Waals surface area contributed by atoms with Gasteiger partial charge in [-0.05, 0) is 58.9 Å². The first-order chi connectivity index (χ1) is 12.7. The second-order valence-corrected chi connectivity index (χ2v) is 10.4. The highest BCUT2D eigenvalue weighted by Crippen LogP contribution is 2.31. The number of nitrogens with zero attached hydrogens (tertiary/aromatic N) is 3. The lowest BCUT2D eigenvalue weighted by molar-refractivity contribution is -0.131. The average molecular weight is 408 g/mol. The molecule has 3 rings (SSSR count). The molecule has 0 N–H and O–H groups in total. The third-order valence-electron chi connectivity index (χ3n) is 5.44. The molecule has 1 saturated heterocycles. The lowest BCUT2D eigenvalue weighted by atomic mass is 9.99. The summed E-state index contributed by atoms with van der Waals surface area (Å²) in [4.78, 5) is 34.7. The van der Waals surface area contributed by atoms with E-state index in [0.29, 0.717) is 11.1 Å². The van der Waals surface area contributed by atoms with Crippen LogP contribution >= 0.6 is 23.1 Å². The van der Waals surface area contributed by atoms with Crippen molar-refractivity contribution < 1.29 is 4.79 Å². The number of likely N-dealkylation sites (tertiary alicyclic amines) is 1. The van der Waals surface area contributed by atoms with E-state index in [2.05, 4.69) is 6.92 Å². The number of hydrogen-bond acceptors (Lipinski definition) is 5. The first-order valence-electron chi connectivity index (χ1n) is 9.68.